The fourth-order valence-corrected chi connectivity index (χ4v) is 8.68. The molecule has 3 fully saturated rings. The minimum absolute atomic E-state index is 0.0724. The molecule has 0 saturated carbocycles. The first-order valence-corrected chi connectivity index (χ1v) is 19.0. The van der Waals surface area contributed by atoms with Crippen LogP contribution in [0, 0.1) is 17.8 Å². The average molecular weight is 733 g/mol. The fourth-order valence-electron chi connectivity index (χ4n) is 8.68. The summed E-state index contributed by atoms with van der Waals surface area (Å²) in [6.45, 7) is 18.6. The highest BCUT2D eigenvalue weighted by atomic mass is 16.7. The maximum absolute atomic E-state index is 14.2. The van der Waals surface area contributed by atoms with E-state index in [4.69, 9.17) is 28.4 Å². The number of aliphatic hydroxyl groups excluding tert-OH is 2. The number of carbonyl (C=O) groups is 1. The Labute approximate surface area is 307 Å². The van der Waals surface area contributed by atoms with E-state index in [-0.39, 0.29) is 30.9 Å². The number of esters is 1. The van der Waals surface area contributed by atoms with Gasteiger partial charge in [0.25, 0.3) is 0 Å². The first kappa shape index (κ1) is 44.4. The van der Waals surface area contributed by atoms with Gasteiger partial charge in [0.15, 0.2) is 12.6 Å². The maximum atomic E-state index is 14.2. The number of nitrogens with zero attached hydrogens (tertiary/aromatic N) is 2. The Morgan fingerprint density at radius 2 is 1.55 bits per heavy atom. The van der Waals surface area contributed by atoms with Crippen molar-refractivity contribution in [3.8, 4) is 0 Å². The second-order valence-electron chi connectivity index (χ2n) is 17.1. The lowest BCUT2D eigenvalue weighted by Gasteiger charge is -2.48. The number of carbonyl (C=O) groups excluding carboxylic acids is 1. The molecule has 0 amide bonds. The van der Waals surface area contributed by atoms with Gasteiger partial charge in [0.1, 0.15) is 23.9 Å². The third-order valence-corrected chi connectivity index (χ3v) is 12.1. The van der Waals surface area contributed by atoms with E-state index in [9.17, 15) is 25.2 Å². The zero-order valence-electron chi connectivity index (χ0n) is 33.9. The summed E-state index contributed by atoms with van der Waals surface area (Å²) in [4.78, 5) is 18.3. The van der Waals surface area contributed by atoms with Crippen LogP contribution in [0.1, 0.15) is 101 Å². The molecule has 3 heterocycles. The van der Waals surface area contributed by atoms with Gasteiger partial charge in [-0.05, 0) is 94.8 Å². The van der Waals surface area contributed by atoms with Gasteiger partial charge in [-0.3, -0.25) is 4.79 Å². The van der Waals surface area contributed by atoms with E-state index in [2.05, 4.69) is 4.90 Å². The van der Waals surface area contributed by atoms with Crippen molar-refractivity contribution in [1.29, 1.82) is 0 Å². The molecule has 0 aromatic rings. The molecule has 3 rings (SSSR count). The Kier molecular flexibility index (Phi) is 15.4. The molecule has 0 aromatic carbocycles. The quantitative estimate of drug-likeness (QED) is 0.284. The standard InChI is InChI=1S/C38H72N2O11/c1-15-28-38(10,45)32(41)25(6)40(13)20-21(2)18-36(8,44)34(51-29-17-27(39(11)12)16-22(3)47-29)23(4)31(24(5)35(43)49-28)50-30-19-37(9,46-14)33(42)26(7)48-30/h21-34,41-42,44-45H,15-20H2,1-14H3/t21-,22-,23+,24-,25-,26+,27?,28-,29+,30+,31+,32-,33+,34-,36-,37-,38-/m1/s1. The molecule has 0 spiro atoms. The predicted octanol–water partition coefficient (Wildman–Crippen LogP) is 2.93. The van der Waals surface area contributed by atoms with Gasteiger partial charge in [-0.25, -0.2) is 0 Å². The van der Waals surface area contributed by atoms with Gasteiger partial charge in [0.05, 0.1) is 41.5 Å². The van der Waals surface area contributed by atoms with Crippen molar-refractivity contribution in [3.05, 3.63) is 0 Å². The van der Waals surface area contributed by atoms with Crippen molar-refractivity contribution < 1.29 is 53.6 Å². The monoisotopic (exact) mass is 733 g/mol. The largest absolute Gasteiger partial charge is 0.459 e. The topological polar surface area (TPSA) is 160 Å². The summed E-state index contributed by atoms with van der Waals surface area (Å²) < 4.78 is 37.9. The molecule has 13 heteroatoms. The molecule has 1 unspecified atom stereocenters. The van der Waals surface area contributed by atoms with Crippen LogP contribution >= 0.6 is 0 Å². The van der Waals surface area contributed by atoms with Crippen LogP contribution in [0.25, 0.3) is 0 Å². The van der Waals surface area contributed by atoms with E-state index in [0.29, 0.717) is 19.4 Å². The van der Waals surface area contributed by atoms with Gasteiger partial charge in [0.2, 0.25) is 0 Å². The lowest BCUT2D eigenvalue weighted by atomic mass is 9.77. The number of cyclic esters (lactones) is 1. The van der Waals surface area contributed by atoms with Crippen molar-refractivity contribution in [1.82, 2.24) is 9.80 Å². The molecular weight excluding hydrogens is 660 g/mol. The molecule has 13 nitrogen and oxygen atoms in total. The molecule has 0 aliphatic carbocycles. The summed E-state index contributed by atoms with van der Waals surface area (Å²) in [5.74, 6) is -2.27. The number of hydrogen-bond acceptors (Lipinski definition) is 13. The van der Waals surface area contributed by atoms with E-state index >= 15 is 0 Å². The Hall–Kier alpha value is -0.970. The highest BCUT2D eigenvalue weighted by Gasteiger charge is 2.52. The lowest BCUT2D eigenvalue weighted by Crippen LogP contribution is -2.59. The summed E-state index contributed by atoms with van der Waals surface area (Å²) in [7, 11) is 7.47. The first-order chi connectivity index (χ1) is 23.5. The van der Waals surface area contributed by atoms with Crippen LogP contribution in [0.3, 0.4) is 0 Å². The highest BCUT2D eigenvalue weighted by Crippen LogP contribution is 2.40. The van der Waals surface area contributed by atoms with Crippen LogP contribution in [0.15, 0.2) is 0 Å². The molecule has 3 aliphatic rings. The number of likely N-dealkylation sites (N-methyl/N-ethyl adjacent to an activating group) is 1. The van der Waals surface area contributed by atoms with Gasteiger partial charge in [0, 0.05) is 44.5 Å². The smallest absolute Gasteiger partial charge is 0.311 e. The van der Waals surface area contributed by atoms with Gasteiger partial charge in [-0.1, -0.05) is 20.8 Å². The van der Waals surface area contributed by atoms with E-state index in [1.54, 1.807) is 34.6 Å². The summed E-state index contributed by atoms with van der Waals surface area (Å²) in [5, 5.41) is 46.6. The summed E-state index contributed by atoms with van der Waals surface area (Å²) >= 11 is 0. The number of hydrogen-bond donors (Lipinski definition) is 4. The Morgan fingerprint density at radius 3 is 2.12 bits per heavy atom. The minimum atomic E-state index is -1.77. The van der Waals surface area contributed by atoms with Crippen molar-refractivity contribution in [2.24, 2.45) is 17.8 Å². The van der Waals surface area contributed by atoms with Crippen molar-refractivity contribution in [2.75, 3.05) is 34.8 Å². The Morgan fingerprint density at radius 1 is 0.922 bits per heavy atom. The number of aliphatic hydroxyl groups is 4. The second-order valence-corrected chi connectivity index (χ2v) is 17.1. The highest BCUT2D eigenvalue weighted by molar-refractivity contribution is 5.73. The molecule has 17 atom stereocenters. The van der Waals surface area contributed by atoms with Crippen molar-refractivity contribution in [3.63, 3.8) is 0 Å². The number of methoxy groups -OCH3 is 1. The van der Waals surface area contributed by atoms with Gasteiger partial charge in [-0.15, -0.1) is 0 Å². The summed E-state index contributed by atoms with van der Waals surface area (Å²) in [6.07, 6.45) is -5.02. The molecule has 0 bridgehead atoms. The third-order valence-electron chi connectivity index (χ3n) is 12.1. The van der Waals surface area contributed by atoms with E-state index in [1.807, 2.05) is 53.7 Å². The summed E-state index contributed by atoms with van der Waals surface area (Å²) in [6, 6.07) is -0.294. The molecular formula is C38H72N2O11. The third kappa shape index (κ3) is 10.4. The van der Waals surface area contributed by atoms with Crippen LogP contribution in [0.5, 0.6) is 0 Å². The SMILES string of the molecule is CC[C@H]1OC(=O)[C@H](C)[C@@H](O[C@H]2C[C@@](C)(OC)[C@@H](O)[C@H](C)O2)[C@H](C)[C@@H](O[C@H]2CC(N(C)C)C[C@@H](C)O2)[C@](C)(O)C[C@@H](C)CN(C)[C@H](C)[C@@H](O)[C@]1(C)O. The average Bonchev–Trinajstić information content (AvgIpc) is 3.04. The molecule has 4 N–H and O–H groups in total. The Balaban J connectivity index is 2.15. The fraction of sp³-hybridized carbons (Fsp3) is 0.974. The van der Waals surface area contributed by atoms with E-state index < -0.39 is 89.9 Å². The van der Waals surface area contributed by atoms with Crippen LogP contribution in [-0.4, -0.2) is 155 Å². The molecule has 51 heavy (non-hydrogen) atoms. The van der Waals surface area contributed by atoms with Crippen LogP contribution in [0.4, 0.5) is 0 Å². The molecule has 0 aromatic heterocycles. The zero-order valence-corrected chi connectivity index (χ0v) is 33.9. The number of ether oxygens (including phenoxy) is 6. The van der Waals surface area contributed by atoms with Crippen molar-refractivity contribution in [2.45, 2.75) is 186 Å². The van der Waals surface area contributed by atoms with Crippen LogP contribution < -0.4 is 0 Å². The van der Waals surface area contributed by atoms with Gasteiger partial charge in [-0.2, -0.15) is 0 Å². The van der Waals surface area contributed by atoms with E-state index in [1.165, 1.54) is 14.0 Å². The van der Waals surface area contributed by atoms with Gasteiger partial charge >= 0.3 is 5.97 Å². The van der Waals surface area contributed by atoms with E-state index in [0.717, 1.165) is 6.42 Å². The number of rotatable bonds is 7. The minimum Gasteiger partial charge on any atom is -0.459 e. The van der Waals surface area contributed by atoms with Crippen LogP contribution in [-0.2, 0) is 33.2 Å². The van der Waals surface area contributed by atoms with Crippen molar-refractivity contribution >= 4 is 5.97 Å². The molecule has 3 aliphatic heterocycles. The maximum Gasteiger partial charge on any atom is 0.311 e. The predicted molar refractivity (Wildman–Crippen MR) is 193 cm³/mol. The molecule has 3 saturated heterocycles. The second kappa shape index (κ2) is 17.7. The normalized spacial score (nSPS) is 48.9. The summed E-state index contributed by atoms with van der Waals surface area (Å²) in [5.41, 5.74) is -4.18. The molecule has 300 valence electrons. The van der Waals surface area contributed by atoms with Crippen LogP contribution in [0.2, 0.25) is 0 Å². The molecule has 0 radical (unpaired) electrons. The Bertz CT molecular complexity index is 1110. The first-order valence-electron chi connectivity index (χ1n) is 19.0. The van der Waals surface area contributed by atoms with Gasteiger partial charge < -0.3 is 58.6 Å². The lowest BCUT2D eigenvalue weighted by molar-refractivity contribution is -0.308. The zero-order chi connectivity index (χ0) is 38.8.